The van der Waals surface area contributed by atoms with Crippen molar-refractivity contribution in [1.29, 1.82) is 0 Å². The second-order valence-electron chi connectivity index (χ2n) is 2.97. The highest BCUT2D eigenvalue weighted by molar-refractivity contribution is 5.95. The number of halogens is 1. The topological polar surface area (TPSA) is 50.4 Å². The summed E-state index contributed by atoms with van der Waals surface area (Å²) in [5.41, 5.74) is 0.263. The van der Waals surface area contributed by atoms with Crippen LogP contribution in [0.5, 0.6) is 0 Å². The molecule has 0 radical (unpaired) electrons. The van der Waals surface area contributed by atoms with Crippen molar-refractivity contribution in [1.82, 2.24) is 0 Å². The van der Waals surface area contributed by atoms with E-state index in [4.69, 9.17) is 9.52 Å². The van der Waals surface area contributed by atoms with Crippen molar-refractivity contribution in [2.24, 2.45) is 0 Å². The van der Waals surface area contributed by atoms with E-state index in [0.29, 0.717) is 5.76 Å². The van der Waals surface area contributed by atoms with Crippen LogP contribution in [0, 0.1) is 5.82 Å². The highest BCUT2D eigenvalue weighted by Gasteiger charge is 2.14. The minimum absolute atomic E-state index is 0.0198. The van der Waals surface area contributed by atoms with Gasteiger partial charge in [0.05, 0.1) is 11.8 Å². The molecule has 76 valence electrons. The Hall–Kier alpha value is -2.10. The monoisotopic (exact) mass is 206 g/mol. The van der Waals surface area contributed by atoms with Crippen molar-refractivity contribution in [2.75, 3.05) is 0 Å². The SMILES string of the molecule is O=C(O)c1ccc(F)cc1-c1ccco1. The molecule has 0 aliphatic heterocycles. The van der Waals surface area contributed by atoms with Crippen molar-refractivity contribution in [3.05, 3.63) is 48.0 Å². The van der Waals surface area contributed by atoms with Crippen LogP contribution in [0.15, 0.2) is 41.0 Å². The Morgan fingerprint density at radius 2 is 2.13 bits per heavy atom. The Morgan fingerprint density at radius 1 is 1.33 bits per heavy atom. The van der Waals surface area contributed by atoms with Crippen LogP contribution < -0.4 is 0 Å². The Labute approximate surface area is 84.8 Å². The average Bonchev–Trinajstić information content (AvgIpc) is 2.69. The number of carboxylic acid groups (broad SMARTS) is 1. The van der Waals surface area contributed by atoms with Crippen LogP contribution in [0.4, 0.5) is 4.39 Å². The van der Waals surface area contributed by atoms with Crippen LogP contribution in [0.2, 0.25) is 0 Å². The van der Waals surface area contributed by atoms with Gasteiger partial charge >= 0.3 is 5.97 Å². The van der Waals surface area contributed by atoms with E-state index in [9.17, 15) is 9.18 Å². The summed E-state index contributed by atoms with van der Waals surface area (Å²) in [5, 5.41) is 8.89. The number of aromatic carboxylic acids is 1. The van der Waals surface area contributed by atoms with Gasteiger partial charge in [-0.1, -0.05) is 0 Å². The van der Waals surface area contributed by atoms with E-state index in [2.05, 4.69) is 0 Å². The maximum Gasteiger partial charge on any atom is 0.336 e. The largest absolute Gasteiger partial charge is 0.478 e. The third-order valence-electron chi connectivity index (χ3n) is 2.00. The maximum absolute atomic E-state index is 13.0. The van der Waals surface area contributed by atoms with Gasteiger partial charge in [0.1, 0.15) is 11.6 Å². The molecule has 4 heteroatoms. The Balaban J connectivity index is 2.63. The van der Waals surface area contributed by atoms with E-state index in [1.165, 1.54) is 12.3 Å². The molecule has 1 aromatic carbocycles. The lowest BCUT2D eigenvalue weighted by Crippen LogP contribution is -1.99. The summed E-state index contributed by atoms with van der Waals surface area (Å²) in [7, 11) is 0. The van der Waals surface area contributed by atoms with Crippen molar-refractivity contribution < 1.29 is 18.7 Å². The molecule has 0 saturated carbocycles. The smallest absolute Gasteiger partial charge is 0.336 e. The van der Waals surface area contributed by atoms with Gasteiger partial charge in [0.25, 0.3) is 0 Å². The molecule has 0 aliphatic carbocycles. The molecule has 0 fully saturated rings. The molecule has 1 aromatic heterocycles. The van der Waals surface area contributed by atoms with Crippen molar-refractivity contribution in [3.8, 4) is 11.3 Å². The molecule has 0 spiro atoms. The van der Waals surface area contributed by atoms with E-state index in [0.717, 1.165) is 12.1 Å². The summed E-state index contributed by atoms with van der Waals surface area (Å²) in [6.45, 7) is 0. The van der Waals surface area contributed by atoms with Gasteiger partial charge in [-0.05, 0) is 30.3 Å². The number of hydrogen-bond acceptors (Lipinski definition) is 2. The quantitative estimate of drug-likeness (QED) is 0.821. The number of carboxylic acids is 1. The lowest BCUT2D eigenvalue weighted by Gasteiger charge is -2.02. The lowest BCUT2D eigenvalue weighted by molar-refractivity contribution is 0.0697. The Bertz CT molecular complexity index is 489. The molecule has 2 rings (SSSR count). The molecule has 0 amide bonds. The summed E-state index contributed by atoms with van der Waals surface area (Å²) >= 11 is 0. The van der Waals surface area contributed by atoms with Crippen LogP contribution in [-0.4, -0.2) is 11.1 Å². The summed E-state index contributed by atoms with van der Waals surface area (Å²) in [6, 6.07) is 6.67. The van der Waals surface area contributed by atoms with E-state index in [1.54, 1.807) is 12.1 Å². The predicted octanol–water partition coefficient (Wildman–Crippen LogP) is 2.78. The van der Waals surface area contributed by atoms with Crippen LogP contribution in [-0.2, 0) is 0 Å². The molecule has 15 heavy (non-hydrogen) atoms. The molecular formula is C11H7FO3. The van der Waals surface area contributed by atoms with Gasteiger partial charge in [-0.15, -0.1) is 0 Å². The summed E-state index contributed by atoms with van der Waals surface area (Å²) in [5.74, 6) is -1.26. The number of benzene rings is 1. The number of hydrogen-bond donors (Lipinski definition) is 1. The van der Waals surface area contributed by atoms with Crippen molar-refractivity contribution >= 4 is 5.97 Å². The zero-order valence-electron chi connectivity index (χ0n) is 7.61. The van der Waals surface area contributed by atoms with Gasteiger partial charge in [-0.2, -0.15) is 0 Å². The fraction of sp³-hybridized carbons (Fsp3) is 0. The molecule has 0 aliphatic rings. The number of furan rings is 1. The van der Waals surface area contributed by atoms with Crippen LogP contribution >= 0.6 is 0 Å². The molecular weight excluding hydrogens is 199 g/mol. The zero-order chi connectivity index (χ0) is 10.8. The Kier molecular flexibility index (Phi) is 2.25. The summed E-state index contributed by atoms with van der Waals surface area (Å²) in [4.78, 5) is 10.9. The standard InChI is InChI=1S/C11H7FO3/c12-7-3-4-8(11(13)14)9(6-7)10-2-1-5-15-10/h1-6H,(H,13,14). The molecule has 3 nitrogen and oxygen atoms in total. The van der Waals surface area contributed by atoms with Gasteiger partial charge in [0, 0.05) is 5.56 Å². The van der Waals surface area contributed by atoms with Gasteiger partial charge in [-0.25, -0.2) is 9.18 Å². The second-order valence-corrected chi connectivity index (χ2v) is 2.97. The van der Waals surface area contributed by atoms with Crippen molar-refractivity contribution in [3.63, 3.8) is 0 Å². The first-order valence-electron chi connectivity index (χ1n) is 4.25. The van der Waals surface area contributed by atoms with Gasteiger partial charge in [-0.3, -0.25) is 0 Å². The molecule has 1 N–H and O–H groups in total. The average molecular weight is 206 g/mol. The van der Waals surface area contributed by atoms with Crippen molar-refractivity contribution in [2.45, 2.75) is 0 Å². The van der Waals surface area contributed by atoms with Crippen LogP contribution in [0.3, 0.4) is 0 Å². The lowest BCUT2D eigenvalue weighted by atomic mass is 10.1. The second kappa shape index (κ2) is 3.57. The first-order chi connectivity index (χ1) is 7.18. The fourth-order valence-corrected chi connectivity index (χ4v) is 1.34. The van der Waals surface area contributed by atoms with Crippen LogP contribution in [0.25, 0.3) is 11.3 Å². The molecule has 0 unspecified atom stereocenters. The minimum Gasteiger partial charge on any atom is -0.478 e. The Morgan fingerprint density at radius 3 is 2.73 bits per heavy atom. The summed E-state index contributed by atoms with van der Waals surface area (Å²) in [6.07, 6.45) is 1.41. The van der Waals surface area contributed by atoms with Gasteiger partial charge < -0.3 is 9.52 Å². The minimum atomic E-state index is -1.11. The highest BCUT2D eigenvalue weighted by atomic mass is 19.1. The van der Waals surface area contributed by atoms with E-state index in [1.807, 2.05) is 0 Å². The highest BCUT2D eigenvalue weighted by Crippen LogP contribution is 2.25. The zero-order valence-corrected chi connectivity index (χ0v) is 7.61. The number of rotatable bonds is 2. The van der Waals surface area contributed by atoms with Gasteiger partial charge in [0.2, 0.25) is 0 Å². The first-order valence-corrected chi connectivity index (χ1v) is 4.25. The molecule has 0 saturated heterocycles. The number of carbonyl (C=O) groups is 1. The van der Waals surface area contributed by atoms with E-state index in [-0.39, 0.29) is 11.1 Å². The normalized spacial score (nSPS) is 10.2. The first kappa shape index (κ1) is 9.45. The van der Waals surface area contributed by atoms with E-state index >= 15 is 0 Å². The summed E-state index contributed by atoms with van der Waals surface area (Å²) < 4.78 is 18.0. The molecule has 2 aromatic rings. The fourth-order valence-electron chi connectivity index (χ4n) is 1.34. The maximum atomic E-state index is 13.0. The molecule has 0 bridgehead atoms. The third-order valence-corrected chi connectivity index (χ3v) is 2.00. The molecule has 1 heterocycles. The van der Waals surface area contributed by atoms with E-state index < -0.39 is 11.8 Å². The van der Waals surface area contributed by atoms with Gasteiger partial charge in [0.15, 0.2) is 0 Å². The van der Waals surface area contributed by atoms with Crippen LogP contribution in [0.1, 0.15) is 10.4 Å². The predicted molar refractivity (Wildman–Crippen MR) is 51.1 cm³/mol. The molecule has 0 atom stereocenters. The third kappa shape index (κ3) is 1.74.